The summed E-state index contributed by atoms with van der Waals surface area (Å²) < 4.78 is 32.5. The zero-order valence-electron chi connectivity index (χ0n) is 10.3. The summed E-state index contributed by atoms with van der Waals surface area (Å²) in [5, 5.41) is 3.35. The molecule has 0 heterocycles. The molecule has 0 saturated carbocycles. The molecule has 0 unspecified atom stereocenters. The zero-order valence-corrected chi connectivity index (χ0v) is 11.1. The van der Waals surface area contributed by atoms with Crippen LogP contribution in [0.25, 0.3) is 21.5 Å². The number of aryl methyl sites for hydroxylation is 1. The Bertz CT molecular complexity index is 902. The maximum atomic E-state index is 11.6. The molecule has 0 radical (unpaired) electrons. The quantitative estimate of drug-likeness (QED) is 0.427. The van der Waals surface area contributed by atoms with Gasteiger partial charge in [-0.15, -0.1) is 0 Å². The topological polar surface area (TPSA) is 54.4 Å². The van der Waals surface area contributed by atoms with Crippen molar-refractivity contribution in [2.75, 3.05) is 0 Å². The summed E-state index contributed by atoms with van der Waals surface area (Å²) in [6.07, 6.45) is 0. The molecule has 5 heteroatoms. The average Bonchev–Trinajstić information content (AvgIpc) is 2.34. The standard InChI is InChI=1S/C15H12O3S.Ca.2H/c1-10-6-7-13-8-11-4-2-3-5-12(11)9-14(13)15(10)19(16,17)18;;;/h2-9H,1H3,(H,16,17,18);;;. The van der Waals surface area contributed by atoms with E-state index >= 15 is 0 Å². The molecule has 3 aromatic rings. The van der Waals surface area contributed by atoms with Crippen molar-refractivity contribution in [1.82, 2.24) is 0 Å². The first-order chi connectivity index (χ1) is 8.97. The molecular weight excluding hydrogens is 300 g/mol. The van der Waals surface area contributed by atoms with Crippen LogP contribution in [0.4, 0.5) is 0 Å². The first-order valence-electron chi connectivity index (χ1n) is 5.86. The monoisotopic (exact) mass is 314 g/mol. The molecule has 3 rings (SSSR count). The van der Waals surface area contributed by atoms with Gasteiger partial charge < -0.3 is 0 Å². The van der Waals surface area contributed by atoms with Gasteiger partial charge in [-0.3, -0.25) is 4.55 Å². The second-order valence-corrected chi connectivity index (χ2v) is 5.97. The predicted molar refractivity (Wildman–Crippen MR) is 84.5 cm³/mol. The van der Waals surface area contributed by atoms with Gasteiger partial charge in [0.2, 0.25) is 0 Å². The van der Waals surface area contributed by atoms with Crippen molar-refractivity contribution in [3.8, 4) is 0 Å². The SMILES string of the molecule is Cc1ccc2cc3ccccc3cc2c1S(=O)(=O)O.[CaH2]. The van der Waals surface area contributed by atoms with Crippen LogP contribution in [0.2, 0.25) is 0 Å². The van der Waals surface area contributed by atoms with Crippen LogP contribution in [0, 0.1) is 6.92 Å². The minimum absolute atomic E-state index is 0. The minimum atomic E-state index is -4.23. The van der Waals surface area contributed by atoms with Crippen LogP contribution < -0.4 is 0 Å². The molecule has 0 aliphatic carbocycles. The molecule has 1 N–H and O–H groups in total. The van der Waals surface area contributed by atoms with Gasteiger partial charge in [-0.2, -0.15) is 8.42 Å². The van der Waals surface area contributed by atoms with Gasteiger partial charge >= 0.3 is 37.7 Å². The van der Waals surface area contributed by atoms with Crippen LogP contribution in [-0.4, -0.2) is 50.7 Å². The molecule has 3 nitrogen and oxygen atoms in total. The summed E-state index contributed by atoms with van der Waals surface area (Å²) in [4.78, 5) is -0.00393. The van der Waals surface area contributed by atoms with E-state index in [0.717, 1.165) is 16.2 Å². The van der Waals surface area contributed by atoms with Gasteiger partial charge in [-0.1, -0.05) is 36.4 Å². The fourth-order valence-corrected chi connectivity index (χ4v) is 3.37. The number of hydrogen-bond acceptors (Lipinski definition) is 2. The zero-order chi connectivity index (χ0) is 13.6. The third-order valence-corrected chi connectivity index (χ3v) is 4.35. The van der Waals surface area contributed by atoms with Gasteiger partial charge in [0, 0.05) is 5.39 Å². The maximum absolute atomic E-state index is 11.6. The Morgan fingerprint density at radius 2 is 1.50 bits per heavy atom. The van der Waals surface area contributed by atoms with E-state index in [9.17, 15) is 13.0 Å². The molecule has 0 aliphatic heterocycles. The van der Waals surface area contributed by atoms with E-state index in [-0.39, 0.29) is 42.6 Å². The van der Waals surface area contributed by atoms with Crippen molar-refractivity contribution in [2.45, 2.75) is 11.8 Å². The molecule has 0 amide bonds. The van der Waals surface area contributed by atoms with Gasteiger partial charge in [0.25, 0.3) is 10.1 Å². The Balaban J connectivity index is 0.00000147. The van der Waals surface area contributed by atoms with Crippen LogP contribution in [0.3, 0.4) is 0 Å². The van der Waals surface area contributed by atoms with Crippen molar-refractivity contribution >= 4 is 69.4 Å². The molecule has 100 valence electrons. The van der Waals surface area contributed by atoms with Crippen LogP contribution >= 0.6 is 0 Å². The van der Waals surface area contributed by atoms with Crippen molar-refractivity contribution in [2.24, 2.45) is 0 Å². The van der Waals surface area contributed by atoms with Gasteiger partial charge in [-0.25, -0.2) is 0 Å². The second-order valence-electron chi connectivity index (χ2n) is 4.61. The van der Waals surface area contributed by atoms with Crippen LogP contribution in [0.1, 0.15) is 5.56 Å². The van der Waals surface area contributed by atoms with E-state index < -0.39 is 10.1 Å². The van der Waals surface area contributed by atoms with Crippen molar-refractivity contribution < 1.29 is 13.0 Å². The third kappa shape index (κ3) is 2.71. The summed E-state index contributed by atoms with van der Waals surface area (Å²) >= 11 is 0. The molecule has 0 saturated heterocycles. The van der Waals surface area contributed by atoms with Crippen LogP contribution in [0.5, 0.6) is 0 Å². The summed E-state index contributed by atoms with van der Waals surface area (Å²) in [7, 11) is -4.23. The Morgan fingerprint density at radius 1 is 0.900 bits per heavy atom. The molecule has 20 heavy (non-hydrogen) atoms. The third-order valence-electron chi connectivity index (χ3n) is 3.29. The molecule has 0 aromatic heterocycles. The van der Waals surface area contributed by atoms with E-state index in [0.29, 0.717) is 10.9 Å². The number of benzene rings is 3. The van der Waals surface area contributed by atoms with Crippen LogP contribution in [-0.2, 0) is 10.1 Å². The average molecular weight is 314 g/mol. The fourth-order valence-electron chi connectivity index (χ4n) is 2.44. The summed E-state index contributed by atoms with van der Waals surface area (Å²) in [5.74, 6) is 0. The molecule has 0 fully saturated rings. The van der Waals surface area contributed by atoms with Gasteiger partial charge in [0.05, 0.1) is 0 Å². The predicted octanol–water partition coefficient (Wildman–Crippen LogP) is 2.63. The van der Waals surface area contributed by atoms with Crippen molar-refractivity contribution in [3.05, 3.63) is 54.1 Å². The van der Waals surface area contributed by atoms with Crippen molar-refractivity contribution in [3.63, 3.8) is 0 Å². The molecular formula is C15H14CaO3S. The normalized spacial score (nSPS) is 11.5. The van der Waals surface area contributed by atoms with Crippen LogP contribution in [0.15, 0.2) is 53.4 Å². The van der Waals surface area contributed by atoms with Crippen molar-refractivity contribution in [1.29, 1.82) is 0 Å². The first-order valence-corrected chi connectivity index (χ1v) is 7.30. The molecule has 0 spiro atoms. The summed E-state index contributed by atoms with van der Waals surface area (Å²) in [6.45, 7) is 1.68. The molecule has 3 aromatic carbocycles. The van der Waals surface area contributed by atoms with E-state index in [1.54, 1.807) is 19.1 Å². The van der Waals surface area contributed by atoms with Gasteiger partial charge in [0.15, 0.2) is 0 Å². The Morgan fingerprint density at radius 3 is 2.10 bits per heavy atom. The van der Waals surface area contributed by atoms with E-state index in [1.807, 2.05) is 36.4 Å². The van der Waals surface area contributed by atoms with E-state index in [2.05, 4.69) is 0 Å². The summed E-state index contributed by atoms with van der Waals surface area (Å²) in [6, 6.07) is 15.0. The summed E-state index contributed by atoms with van der Waals surface area (Å²) in [5.41, 5.74) is 0.547. The molecule has 0 atom stereocenters. The van der Waals surface area contributed by atoms with Gasteiger partial charge in [0.1, 0.15) is 4.90 Å². The Kier molecular flexibility index (Phi) is 4.42. The molecule has 0 aliphatic rings. The van der Waals surface area contributed by atoms with E-state index in [4.69, 9.17) is 0 Å². The fraction of sp³-hybridized carbons (Fsp3) is 0.0667. The number of rotatable bonds is 1. The number of hydrogen-bond donors (Lipinski definition) is 1. The number of fused-ring (bicyclic) bond motifs is 2. The Hall–Kier alpha value is -0.650. The Labute approximate surface area is 147 Å². The van der Waals surface area contributed by atoms with Gasteiger partial charge in [-0.05, 0) is 40.8 Å². The van der Waals surface area contributed by atoms with E-state index in [1.165, 1.54) is 0 Å². The first kappa shape index (κ1) is 15.7. The second kappa shape index (κ2) is 5.62. The molecule has 0 bridgehead atoms.